The molecule has 5 unspecified atom stereocenters. The first-order chi connectivity index (χ1) is 16.0. The first-order valence-corrected chi connectivity index (χ1v) is 10.4. The van der Waals surface area contributed by atoms with Crippen LogP contribution in [0.15, 0.2) is 30.3 Å². The van der Waals surface area contributed by atoms with Gasteiger partial charge < -0.3 is 42.1 Å². The average molecular weight is 482 g/mol. The summed E-state index contributed by atoms with van der Waals surface area (Å²) in [6.07, 6.45) is -2.18. The lowest BCUT2D eigenvalue weighted by Crippen LogP contribution is -2.59. The summed E-state index contributed by atoms with van der Waals surface area (Å²) in [7, 11) is 0. The molecule has 5 atom stereocenters. The summed E-state index contributed by atoms with van der Waals surface area (Å²) >= 11 is 0. The van der Waals surface area contributed by atoms with Crippen LogP contribution in [0.25, 0.3) is 0 Å². The quantitative estimate of drug-likeness (QED) is 0.137. The van der Waals surface area contributed by atoms with Crippen molar-refractivity contribution < 1.29 is 44.4 Å². The predicted octanol–water partition coefficient (Wildman–Crippen LogP) is -2.67. The van der Waals surface area contributed by atoms with Crippen LogP contribution in [-0.2, 0) is 30.4 Å². The molecule has 1 aromatic carbocycles. The molecule has 0 aromatic heterocycles. The summed E-state index contributed by atoms with van der Waals surface area (Å²) in [6, 6.07) is 2.72. The topological polar surface area (TPSA) is 228 Å². The number of benzene rings is 1. The molecule has 13 heteroatoms. The molecule has 0 aliphatic carbocycles. The van der Waals surface area contributed by atoms with Crippen molar-refractivity contribution in [2.24, 2.45) is 5.73 Å². The van der Waals surface area contributed by atoms with Gasteiger partial charge in [0, 0.05) is 12.8 Å². The number of nitrogens with two attached hydrogens (primary N) is 1. The number of amides is 3. The van der Waals surface area contributed by atoms with Crippen molar-refractivity contribution in [2.45, 2.75) is 56.5 Å². The molecule has 9 N–H and O–H groups in total. The zero-order chi connectivity index (χ0) is 25.8. The van der Waals surface area contributed by atoms with Gasteiger partial charge in [-0.2, -0.15) is 0 Å². The Labute approximate surface area is 195 Å². The number of hydrogen-bond donors (Lipinski definition) is 8. The summed E-state index contributed by atoms with van der Waals surface area (Å²) in [4.78, 5) is 59.8. The van der Waals surface area contributed by atoms with Crippen molar-refractivity contribution in [3.05, 3.63) is 35.9 Å². The Morgan fingerprint density at radius 1 is 0.882 bits per heavy atom. The number of aliphatic hydroxyl groups excluding tert-OH is 2. The van der Waals surface area contributed by atoms with Gasteiger partial charge in [0.1, 0.15) is 24.2 Å². The summed E-state index contributed by atoms with van der Waals surface area (Å²) in [5.74, 6) is -5.47. The highest BCUT2D eigenvalue weighted by molar-refractivity contribution is 5.94. The molecule has 0 saturated heterocycles. The largest absolute Gasteiger partial charge is 0.481 e. The Hall–Kier alpha value is -3.55. The number of hydrogen-bond acceptors (Lipinski definition) is 8. The van der Waals surface area contributed by atoms with Crippen molar-refractivity contribution in [1.29, 1.82) is 0 Å². The van der Waals surface area contributed by atoms with Crippen LogP contribution in [0.2, 0.25) is 0 Å². The van der Waals surface area contributed by atoms with E-state index in [1.807, 2.05) is 0 Å². The van der Waals surface area contributed by atoms with E-state index in [0.717, 1.165) is 0 Å². The highest BCUT2D eigenvalue weighted by Crippen LogP contribution is 2.06. The van der Waals surface area contributed by atoms with E-state index in [0.29, 0.717) is 5.56 Å². The van der Waals surface area contributed by atoms with Gasteiger partial charge in [-0.3, -0.25) is 19.2 Å². The van der Waals surface area contributed by atoms with Gasteiger partial charge in [-0.05, 0) is 18.9 Å². The minimum absolute atomic E-state index is 0.0665. The number of aliphatic carboxylic acids is 2. The summed E-state index contributed by atoms with van der Waals surface area (Å²) in [6.45, 7) is 0.419. The number of carbonyl (C=O) groups is 5. The molecule has 0 radical (unpaired) electrons. The molecular formula is C21H30N4O9. The minimum Gasteiger partial charge on any atom is -0.481 e. The van der Waals surface area contributed by atoms with Crippen molar-refractivity contribution in [1.82, 2.24) is 16.0 Å². The minimum atomic E-state index is -1.52. The molecule has 0 bridgehead atoms. The lowest BCUT2D eigenvalue weighted by Gasteiger charge is -2.25. The number of aliphatic hydroxyl groups is 2. The van der Waals surface area contributed by atoms with E-state index >= 15 is 0 Å². The molecule has 1 rings (SSSR count). The average Bonchev–Trinajstić information content (AvgIpc) is 2.78. The second kappa shape index (κ2) is 13.9. The molecule has 0 aliphatic heterocycles. The van der Waals surface area contributed by atoms with Gasteiger partial charge in [0.25, 0.3) is 0 Å². The highest BCUT2D eigenvalue weighted by Gasteiger charge is 2.31. The number of nitrogens with one attached hydrogen (secondary N) is 3. The van der Waals surface area contributed by atoms with Gasteiger partial charge in [0.2, 0.25) is 17.7 Å². The third-order valence-electron chi connectivity index (χ3n) is 4.82. The third-order valence-corrected chi connectivity index (χ3v) is 4.82. The summed E-state index contributed by atoms with van der Waals surface area (Å²) in [5.41, 5.74) is 6.12. The molecule has 0 heterocycles. The fourth-order valence-corrected chi connectivity index (χ4v) is 2.81. The predicted molar refractivity (Wildman–Crippen MR) is 117 cm³/mol. The van der Waals surface area contributed by atoms with Crippen molar-refractivity contribution in [3.8, 4) is 0 Å². The first kappa shape index (κ1) is 28.5. The number of carbonyl (C=O) groups excluding carboxylic acids is 3. The molecular weight excluding hydrogens is 452 g/mol. The van der Waals surface area contributed by atoms with Crippen LogP contribution in [0.5, 0.6) is 0 Å². The highest BCUT2D eigenvalue weighted by atomic mass is 16.4. The van der Waals surface area contributed by atoms with Crippen LogP contribution >= 0.6 is 0 Å². The summed E-state index contributed by atoms with van der Waals surface area (Å²) in [5, 5.41) is 43.8. The normalized spacial score (nSPS) is 15.2. The first-order valence-electron chi connectivity index (χ1n) is 10.4. The molecule has 1 aromatic rings. The molecule has 0 saturated carbocycles. The second-order valence-electron chi connectivity index (χ2n) is 7.59. The Morgan fingerprint density at radius 2 is 1.41 bits per heavy atom. The van der Waals surface area contributed by atoms with Crippen LogP contribution in [0.1, 0.15) is 25.3 Å². The van der Waals surface area contributed by atoms with E-state index in [1.54, 1.807) is 30.3 Å². The zero-order valence-corrected chi connectivity index (χ0v) is 18.5. The number of carboxylic acid groups (broad SMARTS) is 2. The van der Waals surface area contributed by atoms with E-state index in [4.69, 9.17) is 10.8 Å². The van der Waals surface area contributed by atoms with E-state index in [9.17, 15) is 39.3 Å². The van der Waals surface area contributed by atoms with Crippen LogP contribution in [0.4, 0.5) is 0 Å². The van der Waals surface area contributed by atoms with E-state index in [-0.39, 0.29) is 12.8 Å². The van der Waals surface area contributed by atoms with Gasteiger partial charge >= 0.3 is 11.9 Å². The zero-order valence-electron chi connectivity index (χ0n) is 18.5. The lowest BCUT2D eigenvalue weighted by molar-refractivity contribution is -0.143. The van der Waals surface area contributed by atoms with E-state index in [1.165, 1.54) is 6.92 Å². The standard InChI is InChI=1S/C21H30N4O9/c1-11(27)17(22)20(32)25-15(10-26)19(31)24-14(9-12-5-3-2-4-6-12)18(30)23-13(21(33)34)7-8-16(28)29/h2-6,11,13-15,17,26-27H,7-10,22H2,1H3,(H,23,30)(H,24,31)(H,25,32)(H,28,29)(H,33,34). The van der Waals surface area contributed by atoms with Crippen molar-refractivity contribution in [2.75, 3.05) is 6.61 Å². The number of rotatable bonds is 14. The molecule has 3 amide bonds. The Bertz CT molecular complexity index is 863. The molecule has 13 nitrogen and oxygen atoms in total. The smallest absolute Gasteiger partial charge is 0.326 e. The second-order valence-corrected chi connectivity index (χ2v) is 7.59. The van der Waals surface area contributed by atoms with Gasteiger partial charge in [0.05, 0.1) is 12.7 Å². The van der Waals surface area contributed by atoms with E-state index in [2.05, 4.69) is 16.0 Å². The molecule has 0 aliphatic rings. The molecule has 0 spiro atoms. The Morgan fingerprint density at radius 3 is 1.91 bits per heavy atom. The maximum atomic E-state index is 12.8. The van der Waals surface area contributed by atoms with Crippen LogP contribution in [0.3, 0.4) is 0 Å². The van der Waals surface area contributed by atoms with Crippen molar-refractivity contribution in [3.63, 3.8) is 0 Å². The van der Waals surface area contributed by atoms with Gasteiger partial charge in [-0.25, -0.2) is 4.79 Å². The van der Waals surface area contributed by atoms with Crippen LogP contribution in [-0.4, -0.2) is 87.0 Å². The maximum Gasteiger partial charge on any atom is 0.326 e. The number of carboxylic acids is 2. The SMILES string of the molecule is CC(O)C(N)C(=O)NC(CO)C(=O)NC(Cc1ccccc1)C(=O)NC(CCC(=O)O)C(=O)O. The fraction of sp³-hybridized carbons (Fsp3) is 0.476. The fourth-order valence-electron chi connectivity index (χ4n) is 2.81. The summed E-state index contributed by atoms with van der Waals surface area (Å²) < 4.78 is 0. The van der Waals surface area contributed by atoms with E-state index < -0.39 is 73.0 Å². The van der Waals surface area contributed by atoms with Crippen LogP contribution in [0, 0.1) is 0 Å². The van der Waals surface area contributed by atoms with Crippen LogP contribution < -0.4 is 21.7 Å². The third kappa shape index (κ3) is 9.52. The van der Waals surface area contributed by atoms with Crippen molar-refractivity contribution >= 4 is 29.7 Å². The van der Waals surface area contributed by atoms with Gasteiger partial charge in [0.15, 0.2) is 0 Å². The Balaban J connectivity index is 3.02. The lowest BCUT2D eigenvalue weighted by atomic mass is 10.0. The Kier molecular flexibility index (Phi) is 11.6. The maximum absolute atomic E-state index is 12.8. The van der Waals surface area contributed by atoms with Gasteiger partial charge in [-0.1, -0.05) is 30.3 Å². The monoisotopic (exact) mass is 482 g/mol. The molecule has 34 heavy (non-hydrogen) atoms. The molecule has 188 valence electrons. The van der Waals surface area contributed by atoms with Gasteiger partial charge in [-0.15, -0.1) is 0 Å². The molecule has 0 fully saturated rings.